The number of hydrogen-bond donors (Lipinski definition) is 0. The Hall–Kier alpha value is -5.87. The van der Waals surface area contributed by atoms with Crippen LogP contribution < -0.4 is 4.74 Å². The zero-order valence-corrected chi connectivity index (χ0v) is 23.3. The molecule has 0 radical (unpaired) electrons. The number of fused-ring (bicyclic) bond motifs is 6. The number of aromatic nitrogens is 2. The van der Waals surface area contributed by atoms with Crippen molar-refractivity contribution in [1.82, 2.24) is 9.13 Å². The normalized spacial score (nSPS) is 11.4. The molecule has 8 aromatic rings. The van der Waals surface area contributed by atoms with E-state index in [0.717, 1.165) is 44.3 Å². The van der Waals surface area contributed by atoms with Crippen LogP contribution in [-0.2, 0) is 4.79 Å². The summed E-state index contributed by atoms with van der Waals surface area (Å²) < 4.78 is 10.1. The topological polar surface area (TPSA) is 36.2 Å². The molecule has 0 fully saturated rings. The van der Waals surface area contributed by atoms with Crippen LogP contribution in [0.4, 0.5) is 0 Å². The molecular weight excluding hydrogens is 528 g/mol. The molecule has 0 amide bonds. The Balaban J connectivity index is 1.27. The molecule has 204 valence electrons. The minimum atomic E-state index is -0.473. The molecule has 4 nitrogen and oxygen atoms in total. The quantitative estimate of drug-likeness (QED) is 0.121. The molecule has 4 heteroatoms. The predicted molar refractivity (Wildman–Crippen MR) is 176 cm³/mol. The molecule has 2 heterocycles. The highest BCUT2D eigenvalue weighted by molar-refractivity contribution is 6.10. The van der Waals surface area contributed by atoms with Crippen LogP contribution in [0.15, 0.2) is 152 Å². The SMILES string of the molecule is C=CC(=O)Oc1ccc2c(c1)c1ccccc1n2-c1cccc(-c2cccc(-n3c4ccccc4c4ccccc43)c2)c1. The summed E-state index contributed by atoms with van der Waals surface area (Å²) in [5.41, 5.74) is 8.96. The number of esters is 1. The van der Waals surface area contributed by atoms with Crippen LogP contribution >= 0.6 is 0 Å². The Bertz CT molecular complexity index is 2320. The predicted octanol–water partition coefficient (Wildman–Crippen LogP) is 9.64. The van der Waals surface area contributed by atoms with Crippen LogP contribution in [0, 0.1) is 0 Å². The highest BCUT2D eigenvalue weighted by Crippen LogP contribution is 2.36. The summed E-state index contributed by atoms with van der Waals surface area (Å²) in [6, 6.07) is 48.6. The van der Waals surface area contributed by atoms with Crippen LogP contribution in [0.25, 0.3) is 66.1 Å². The lowest BCUT2D eigenvalue weighted by molar-refractivity contribution is -0.128. The zero-order valence-electron chi connectivity index (χ0n) is 23.3. The number of rotatable bonds is 5. The molecule has 0 aliphatic rings. The van der Waals surface area contributed by atoms with E-state index in [2.05, 4.69) is 131 Å². The molecule has 8 rings (SSSR count). The Labute approximate surface area is 248 Å². The molecule has 0 atom stereocenters. The van der Waals surface area contributed by atoms with Crippen LogP contribution in [-0.4, -0.2) is 15.1 Å². The number of carbonyl (C=O) groups is 1. The van der Waals surface area contributed by atoms with Crippen molar-refractivity contribution < 1.29 is 9.53 Å². The molecular formula is C39H26N2O2. The molecule has 0 aliphatic carbocycles. The monoisotopic (exact) mass is 554 g/mol. The van der Waals surface area contributed by atoms with E-state index in [4.69, 9.17) is 4.74 Å². The van der Waals surface area contributed by atoms with Gasteiger partial charge in [-0.2, -0.15) is 0 Å². The Morgan fingerprint density at radius 2 is 0.977 bits per heavy atom. The van der Waals surface area contributed by atoms with Gasteiger partial charge in [-0.1, -0.05) is 85.4 Å². The third kappa shape index (κ3) is 4.03. The first-order chi connectivity index (χ1) is 21.2. The molecule has 6 aromatic carbocycles. The highest BCUT2D eigenvalue weighted by atomic mass is 16.5. The van der Waals surface area contributed by atoms with Gasteiger partial charge in [0.15, 0.2) is 0 Å². The van der Waals surface area contributed by atoms with Gasteiger partial charge in [0.1, 0.15) is 5.75 Å². The van der Waals surface area contributed by atoms with E-state index in [9.17, 15) is 4.79 Å². The number of nitrogens with zero attached hydrogens (tertiary/aromatic N) is 2. The van der Waals surface area contributed by atoms with Gasteiger partial charge in [0.2, 0.25) is 0 Å². The van der Waals surface area contributed by atoms with Gasteiger partial charge < -0.3 is 13.9 Å². The van der Waals surface area contributed by atoms with Crippen molar-refractivity contribution in [3.05, 3.63) is 152 Å². The molecule has 0 spiro atoms. The first kappa shape index (κ1) is 24.9. The van der Waals surface area contributed by atoms with Crippen LogP contribution in [0.3, 0.4) is 0 Å². The van der Waals surface area contributed by atoms with Gasteiger partial charge in [0, 0.05) is 39.0 Å². The minimum absolute atomic E-state index is 0.473. The number of carbonyl (C=O) groups excluding carboxylic acids is 1. The van der Waals surface area contributed by atoms with E-state index in [-0.39, 0.29) is 0 Å². The zero-order chi connectivity index (χ0) is 28.9. The summed E-state index contributed by atoms with van der Waals surface area (Å²) in [5.74, 6) is 0.0230. The lowest BCUT2D eigenvalue weighted by Crippen LogP contribution is -2.02. The summed E-state index contributed by atoms with van der Waals surface area (Å²) in [6.45, 7) is 3.51. The highest BCUT2D eigenvalue weighted by Gasteiger charge is 2.15. The average molecular weight is 555 g/mol. The smallest absolute Gasteiger partial charge is 0.335 e. The Kier molecular flexibility index (Phi) is 5.73. The van der Waals surface area contributed by atoms with E-state index < -0.39 is 5.97 Å². The second-order valence-electron chi connectivity index (χ2n) is 10.6. The van der Waals surface area contributed by atoms with Gasteiger partial charge in [-0.05, 0) is 71.8 Å². The summed E-state index contributed by atoms with van der Waals surface area (Å²) in [4.78, 5) is 11.9. The largest absolute Gasteiger partial charge is 0.423 e. The summed E-state index contributed by atoms with van der Waals surface area (Å²) in [6.07, 6.45) is 1.18. The van der Waals surface area contributed by atoms with Crippen molar-refractivity contribution in [1.29, 1.82) is 0 Å². The number of hydrogen-bond acceptors (Lipinski definition) is 2. The van der Waals surface area contributed by atoms with E-state index in [1.807, 2.05) is 24.3 Å². The lowest BCUT2D eigenvalue weighted by Gasteiger charge is -2.13. The third-order valence-electron chi connectivity index (χ3n) is 8.15. The fraction of sp³-hybridized carbons (Fsp3) is 0. The summed E-state index contributed by atoms with van der Waals surface area (Å²) in [5, 5.41) is 4.61. The third-order valence-corrected chi connectivity index (χ3v) is 8.15. The average Bonchev–Trinajstić information content (AvgIpc) is 3.58. The van der Waals surface area contributed by atoms with Gasteiger partial charge in [-0.15, -0.1) is 0 Å². The first-order valence-electron chi connectivity index (χ1n) is 14.3. The van der Waals surface area contributed by atoms with Gasteiger partial charge in [-0.25, -0.2) is 4.79 Å². The maximum atomic E-state index is 11.9. The fourth-order valence-electron chi connectivity index (χ4n) is 6.30. The van der Waals surface area contributed by atoms with Gasteiger partial charge in [0.05, 0.1) is 22.1 Å². The molecule has 0 saturated carbocycles. The first-order valence-corrected chi connectivity index (χ1v) is 14.3. The van der Waals surface area contributed by atoms with Gasteiger partial charge in [0.25, 0.3) is 0 Å². The van der Waals surface area contributed by atoms with E-state index in [1.165, 1.54) is 27.9 Å². The van der Waals surface area contributed by atoms with E-state index in [1.54, 1.807) is 0 Å². The van der Waals surface area contributed by atoms with Gasteiger partial charge in [-0.3, -0.25) is 0 Å². The van der Waals surface area contributed by atoms with Crippen molar-refractivity contribution in [2.24, 2.45) is 0 Å². The molecule has 0 N–H and O–H groups in total. The standard InChI is InChI=1S/C39H26N2O2/c1-2-39(42)43-30-21-22-38-34(25-30)33-17-5-8-20-37(33)41(38)29-14-10-12-27(24-29)26-11-9-13-28(23-26)40-35-18-6-3-15-31(35)32-16-4-7-19-36(32)40/h2-25H,1H2. The van der Waals surface area contributed by atoms with Crippen molar-refractivity contribution in [2.75, 3.05) is 0 Å². The number of ether oxygens (including phenoxy) is 1. The van der Waals surface area contributed by atoms with Crippen molar-refractivity contribution in [3.8, 4) is 28.3 Å². The number of para-hydroxylation sites is 3. The number of benzene rings is 6. The second-order valence-corrected chi connectivity index (χ2v) is 10.6. The van der Waals surface area contributed by atoms with Crippen molar-refractivity contribution >= 4 is 49.6 Å². The van der Waals surface area contributed by atoms with Crippen LogP contribution in [0.2, 0.25) is 0 Å². The van der Waals surface area contributed by atoms with Crippen LogP contribution in [0.1, 0.15) is 0 Å². The van der Waals surface area contributed by atoms with Crippen LogP contribution in [0.5, 0.6) is 5.75 Å². The molecule has 0 aliphatic heterocycles. The van der Waals surface area contributed by atoms with Gasteiger partial charge >= 0.3 is 5.97 Å². The van der Waals surface area contributed by atoms with E-state index >= 15 is 0 Å². The maximum absolute atomic E-state index is 11.9. The molecule has 0 bridgehead atoms. The molecule has 2 aromatic heterocycles. The van der Waals surface area contributed by atoms with E-state index in [0.29, 0.717) is 5.75 Å². The van der Waals surface area contributed by atoms with Crippen molar-refractivity contribution in [2.45, 2.75) is 0 Å². The molecule has 0 saturated heterocycles. The minimum Gasteiger partial charge on any atom is -0.423 e. The second kappa shape index (κ2) is 9.89. The summed E-state index contributed by atoms with van der Waals surface area (Å²) >= 11 is 0. The maximum Gasteiger partial charge on any atom is 0.335 e. The molecule has 43 heavy (non-hydrogen) atoms. The fourth-order valence-corrected chi connectivity index (χ4v) is 6.30. The Morgan fingerprint density at radius 1 is 0.512 bits per heavy atom. The van der Waals surface area contributed by atoms with Crippen molar-refractivity contribution in [3.63, 3.8) is 0 Å². The molecule has 0 unspecified atom stereocenters. The summed E-state index contributed by atoms with van der Waals surface area (Å²) in [7, 11) is 0. The lowest BCUT2D eigenvalue weighted by atomic mass is 10.0. The Morgan fingerprint density at radius 3 is 1.49 bits per heavy atom.